The van der Waals surface area contributed by atoms with Crippen LogP contribution in [-0.2, 0) is 16.1 Å². The van der Waals surface area contributed by atoms with Crippen LogP contribution in [0.3, 0.4) is 0 Å². The van der Waals surface area contributed by atoms with Gasteiger partial charge in [0, 0.05) is 16.3 Å². The summed E-state index contributed by atoms with van der Waals surface area (Å²) in [6, 6.07) is 18.1. The molecule has 0 saturated heterocycles. The first kappa shape index (κ1) is 23.4. The lowest BCUT2D eigenvalue weighted by molar-refractivity contribution is -0.123. The van der Waals surface area contributed by atoms with E-state index in [1.165, 1.54) is 0 Å². The lowest BCUT2D eigenvalue weighted by Gasteiger charge is -2.19. The number of anilines is 1. The van der Waals surface area contributed by atoms with E-state index in [0.29, 0.717) is 34.5 Å². The second-order valence-electron chi connectivity index (χ2n) is 7.13. The Labute approximate surface area is 192 Å². The van der Waals surface area contributed by atoms with Gasteiger partial charge in [0.05, 0.1) is 26.7 Å². The number of amides is 2. The lowest BCUT2D eigenvalue weighted by Crippen LogP contribution is -2.40. The van der Waals surface area contributed by atoms with Crippen molar-refractivity contribution in [3.63, 3.8) is 0 Å². The highest BCUT2D eigenvalue weighted by molar-refractivity contribution is 6.30. The molecule has 0 aliphatic heterocycles. The minimum Gasteiger partial charge on any atom is -0.497 e. The number of carbonyl (C=O) groups is 2. The molecule has 8 heteroatoms. The van der Waals surface area contributed by atoms with Crippen LogP contribution in [0.4, 0.5) is 5.69 Å². The minimum atomic E-state index is -0.191. The molecule has 0 atom stereocenters. The molecule has 0 saturated carbocycles. The number of halogens is 1. The third-order valence-electron chi connectivity index (χ3n) is 4.81. The molecule has 0 unspecified atom stereocenters. The zero-order chi connectivity index (χ0) is 22.9. The average molecular weight is 456 g/mol. The molecular weight excluding hydrogens is 430 g/mol. The quantitative estimate of drug-likeness (QED) is 0.479. The first-order chi connectivity index (χ1) is 15.5. The highest BCUT2D eigenvalue weighted by Gasteiger charge is 2.14. The Kier molecular flexibility index (Phi) is 8.30. The maximum absolute atomic E-state index is 12.4. The van der Waals surface area contributed by atoms with Crippen molar-refractivity contribution in [1.82, 2.24) is 10.2 Å². The highest BCUT2D eigenvalue weighted by Crippen LogP contribution is 2.23. The minimum absolute atomic E-state index is 0.108. The molecule has 2 amide bonds. The van der Waals surface area contributed by atoms with Crippen molar-refractivity contribution in [2.75, 3.05) is 32.1 Å². The summed E-state index contributed by atoms with van der Waals surface area (Å²) in [5, 5.41) is 6.31. The molecule has 0 bridgehead atoms. The van der Waals surface area contributed by atoms with Crippen molar-refractivity contribution in [3.05, 3.63) is 71.4 Å². The molecule has 0 aliphatic carbocycles. The van der Waals surface area contributed by atoms with E-state index < -0.39 is 0 Å². The molecular formula is C24H26ClN3O4. The van der Waals surface area contributed by atoms with E-state index in [-0.39, 0.29) is 31.4 Å². The van der Waals surface area contributed by atoms with Gasteiger partial charge in [0.2, 0.25) is 11.8 Å². The largest absolute Gasteiger partial charge is 0.497 e. The fourth-order valence-corrected chi connectivity index (χ4v) is 3.17. The van der Waals surface area contributed by atoms with Crippen LogP contribution in [0, 0.1) is 0 Å². The summed E-state index contributed by atoms with van der Waals surface area (Å²) in [4.78, 5) is 26.4. The van der Waals surface area contributed by atoms with E-state index in [0.717, 1.165) is 5.56 Å². The molecule has 32 heavy (non-hydrogen) atoms. The number of ether oxygens (including phenoxy) is 1. The van der Waals surface area contributed by atoms with E-state index >= 15 is 0 Å². The first-order valence-corrected chi connectivity index (χ1v) is 10.6. The Balaban J connectivity index is 1.45. The van der Waals surface area contributed by atoms with Crippen LogP contribution in [-0.4, -0.2) is 43.5 Å². The number of hydrogen-bond donors (Lipinski definition) is 2. The van der Waals surface area contributed by atoms with Crippen LogP contribution in [0.15, 0.2) is 65.1 Å². The lowest BCUT2D eigenvalue weighted by atomic mass is 10.2. The normalized spacial score (nSPS) is 10.8. The van der Waals surface area contributed by atoms with E-state index in [1.54, 1.807) is 48.4 Å². The van der Waals surface area contributed by atoms with Crippen LogP contribution in [0.1, 0.15) is 12.7 Å². The fraction of sp³-hybridized carbons (Fsp3) is 0.250. The Morgan fingerprint density at radius 1 is 0.969 bits per heavy atom. The summed E-state index contributed by atoms with van der Waals surface area (Å²) in [6.07, 6.45) is 0. The number of carbonyl (C=O) groups excluding carboxylic acids is 2. The Bertz CT molecular complexity index is 1030. The monoisotopic (exact) mass is 455 g/mol. The van der Waals surface area contributed by atoms with Crippen LogP contribution in [0.5, 0.6) is 5.75 Å². The second kappa shape index (κ2) is 11.4. The molecule has 3 aromatic rings. The SMILES string of the molecule is CCN(CC(=O)NCc1ccc(-c2ccc(Cl)cc2)o1)CC(=O)Nc1ccc(OC)cc1. The van der Waals surface area contributed by atoms with E-state index in [4.69, 9.17) is 20.8 Å². The standard InChI is InChI=1S/C24H26ClN3O4/c1-3-28(16-24(30)27-19-8-10-20(31-2)11-9-19)15-23(29)26-14-21-12-13-22(32-21)17-4-6-18(25)7-5-17/h4-13H,3,14-16H2,1-2H3,(H,26,29)(H,27,30). The number of benzene rings is 2. The third-order valence-corrected chi connectivity index (χ3v) is 5.06. The number of nitrogens with one attached hydrogen (secondary N) is 2. The van der Waals surface area contributed by atoms with Crippen molar-refractivity contribution >= 4 is 29.1 Å². The Morgan fingerprint density at radius 2 is 1.66 bits per heavy atom. The highest BCUT2D eigenvalue weighted by atomic mass is 35.5. The van der Waals surface area contributed by atoms with Gasteiger partial charge in [-0.3, -0.25) is 14.5 Å². The molecule has 0 radical (unpaired) electrons. The summed E-state index contributed by atoms with van der Waals surface area (Å²) >= 11 is 5.91. The molecule has 1 aromatic heterocycles. The summed E-state index contributed by atoms with van der Waals surface area (Å²) in [5.74, 6) is 1.68. The molecule has 0 fully saturated rings. The summed E-state index contributed by atoms with van der Waals surface area (Å²) in [7, 11) is 1.59. The predicted octanol–water partition coefficient (Wildman–Crippen LogP) is 4.19. The Morgan fingerprint density at radius 3 is 2.31 bits per heavy atom. The number of rotatable bonds is 10. The zero-order valence-corrected chi connectivity index (χ0v) is 18.8. The molecule has 3 rings (SSSR count). The van der Waals surface area contributed by atoms with Crippen LogP contribution in [0.25, 0.3) is 11.3 Å². The molecule has 7 nitrogen and oxygen atoms in total. The molecule has 168 valence electrons. The smallest absolute Gasteiger partial charge is 0.238 e. The number of hydrogen-bond acceptors (Lipinski definition) is 5. The molecule has 2 N–H and O–H groups in total. The van der Waals surface area contributed by atoms with Gasteiger partial charge in [0.25, 0.3) is 0 Å². The third kappa shape index (κ3) is 6.87. The maximum atomic E-state index is 12.4. The van der Waals surface area contributed by atoms with Gasteiger partial charge in [0.1, 0.15) is 17.3 Å². The average Bonchev–Trinajstić information content (AvgIpc) is 3.27. The molecule has 1 heterocycles. The van der Waals surface area contributed by atoms with Crippen LogP contribution < -0.4 is 15.4 Å². The van der Waals surface area contributed by atoms with Gasteiger partial charge in [-0.05, 0) is 67.2 Å². The molecule has 2 aromatic carbocycles. The number of nitrogens with zero attached hydrogens (tertiary/aromatic N) is 1. The maximum Gasteiger partial charge on any atom is 0.238 e. The topological polar surface area (TPSA) is 83.8 Å². The fourth-order valence-electron chi connectivity index (χ4n) is 3.04. The van der Waals surface area contributed by atoms with Gasteiger partial charge in [-0.2, -0.15) is 0 Å². The number of furan rings is 1. The van der Waals surface area contributed by atoms with Crippen molar-refractivity contribution < 1.29 is 18.7 Å². The summed E-state index contributed by atoms with van der Waals surface area (Å²) in [5.41, 5.74) is 1.58. The van der Waals surface area contributed by atoms with Gasteiger partial charge < -0.3 is 19.8 Å². The van der Waals surface area contributed by atoms with E-state index in [1.807, 2.05) is 31.2 Å². The Hall–Kier alpha value is -3.29. The summed E-state index contributed by atoms with van der Waals surface area (Å²) in [6.45, 7) is 2.94. The van der Waals surface area contributed by atoms with Crippen molar-refractivity contribution in [2.24, 2.45) is 0 Å². The van der Waals surface area contributed by atoms with Gasteiger partial charge in [-0.1, -0.05) is 18.5 Å². The van der Waals surface area contributed by atoms with Crippen LogP contribution in [0.2, 0.25) is 5.02 Å². The van der Waals surface area contributed by atoms with Gasteiger partial charge in [0.15, 0.2) is 0 Å². The molecule has 0 spiro atoms. The summed E-state index contributed by atoms with van der Waals surface area (Å²) < 4.78 is 10.9. The second-order valence-corrected chi connectivity index (χ2v) is 7.57. The number of methoxy groups -OCH3 is 1. The van der Waals surface area contributed by atoms with Gasteiger partial charge in [-0.25, -0.2) is 0 Å². The van der Waals surface area contributed by atoms with Gasteiger partial charge in [-0.15, -0.1) is 0 Å². The van der Waals surface area contributed by atoms with E-state index in [9.17, 15) is 9.59 Å². The number of likely N-dealkylation sites (N-methyl/N-ethyl adjacent to an activating group) is 1. The van der Waals surface area contributed by atoms with Crippen LogP contribution >= 0.6 is 11.6 Å². The first-order valence-electron chi connectivity index (χ1n) is 10.2. The van der Waals surface area contributed by atoms with E-state index in [2.05, 4.69) is 10.6 Å². The predicted molar refractivity (Wildman–Crippen MR) is 125 cm³/mol. The molecule has 0 aliphatic rings. The van der Waals surface area contributed by atoms with Crippen molar-refractivity contribution in [2.45, 2.75) is 13.5 Å². The van der Waals surface area contributed by atoms with Gasteiger partial charge >= 0.3 is 0 Å². The van der Waals surface area contributed by atoms with Crippen molar-refractivity contribution in [3.8, 4) is 17.1 Å². The zero-order valence-electron chi connectivity index (χ0n) is 18.1. The van der Waals surface area contributed by atoms with Crippen molar-refractivity contribution in [1.29, 1.82) is 0 Å².